The molecule has 0 saturated carbocycles. The predicted octanol–water partition coefficient (Wildman–Crippen LogP) is 2.79. The predicted molar refractivity (Wildman–Crippen MR) is 60.8 cm³/mol. The van der Waals surface area contributed by atoms with E-state index < -0.39 is 0 Å². The lowest BCUT2D eigenvalue weighted by atomic mass is 10.1. The molecule has 13 heavy (non-hydrogen) atoms. The quantitative estimate of drug-likeness (QED) is 0.799. The van der Waals surface area contributed by atoms with Crippen molar-refractivity contribution in [1.29, 1.82) is 0 Å². The first-order valence-electron chi connectivity index (χ1n) is 4.62. The van der Waals surface area contributed by atoms with Crippen molar-refractivity contribution in [1.82, 2.24) is 0 Å². The van der Waals surface area contributed by atoms with Gasteiger partial charge in [0.15, 0.2) is 0 Å². The van der Waals surface area contributed by atoms with E-state index in [1.165, 1.54) is 11.1 Å². The van der Waals surface area contributed by atoms with E-state index in [1.807, 2.05) is 11.8 Å². The number of benzene rings is 1. The van der Waals surface area contributed by atoms with Crippen LogP contribution in [0.2, 0.25) is 0 Å². The third-order valence-electron chi connectivity index (χ3n) is 1.84. The van der Waals surface area contributed by atoms with Crippen molar-refractivity contribution in [2.45, 2.75) is 31.4 Å². The summed E-state index contributed by atoms with van der Waals surface area (Å²) in [5.74, 6) is 1.10. The second-order valence-electron chi connectivity index (χ2n) is 3.38. The van der Waals surface area contributed by atoms with Gasteiger partial charge in [0, 0.05) is 12.3 Å². The van der Waals surface area contributed by atoms with Gasteiger partial charge in [0.25, 0.3) is 0 Å². The van der Waals surface area contributed by atoms with E-state index >= 15 is 0 Å². The van der Waals surface area contributed by atoms with Gasteiger partial charge in [0.05, 0.1) is 0 Å². The Morgan fingerprint density at radius 1 is 1.15 bits per heavy atom. The van der Waals surface area contributed by atoms with Gasteiger partial charge >= 0.3 is 0 Å². The second-order valence-corrected chi connectivity index (χ2v) is 4.95. The van der Waals surface area contributed by atoms with Crippen LogP contribution < -0.4 is 5.73 Å². The third-order valence-corrected chi connectivity index (χ3v) is 3.01. The Kier molecular flexibility index (Phi) is 4.33. The summed E-state index contributed by atoms with van der Waals surface area (Å²) in [6.07, 6.45) is 0. The van der Waals surface area contributed by atoms with Gasteiger partial charge in [-0.25, -0.2) is 0 Å². The monoisotopic (exact) mass is 195 g/mol. The van der Waals surface area contributed by atoms with Gasteiger partial charge in [0.1, 0.15) is 0 Å². The molecule has 0 aliphatic rings. The molecule has 2 N–H and O–H groups in total. The van der Waals surface area contributed by atoms with Gasteiger partial charge in [-0.05, 0) is 16.4 Å². The molecule has 0 amide bonds. The Balaban J connectivity index is 2.49. The van der Waals surface area contributed by atoms with Crippen molar-refractivity contribution in [2.24, 2.45) is 5.73 Å². The summed E-state index contributed by atoms with van der Waals surface area (Å²) in [6, 6.07) is 8.54. The molecule has 1 nitrogen and oxygen atoms in total. The second kappa shape index (κ2) is 5.30. The van der Waals surface area contributed by atoms with Crippen LogP contribution in [-0.2, 0) is 12.3 Å². The fourth-order valence-electron chi connectivity index (χ4n) is 1.03. The maximum absolute atomic E-state index is 5.52. The number of rotatable bonds is 4. The summed E-state index contributed by atoms with van der Waals surface area (Å²) in [6.45, 7) is 5.08. The van der Waals surface area contributed by atoms with Gasteiger partial charge in [-0.15, -0.1) is 0 Å². The summed E-state index contributed by atoms with van der Waals surface area (Å²) in [5, 5.41) is 0.703. The van der Waals surface area contributed by atoms with E-state index in [2.05, 4.69) is 38.1 Å². The van der Waals surface area contributed by atoms with Crippen molar-refractivity contribution < 1.29 is 0 Å². The van der Waals surface area contributed by atoms with E-state index in [9.17, 15) is 0 Å². The zero-order valence-electron chi connectivity index (χ0n) is 8.29. The van der Waals surface area contributed by atoms with Crippen molar-refractivity contribution in [3.8, 4) is 0 Å². The smallest absolute Gasteiger partial charge is 0.0187 e. The molecule has 0 bridgehead atoms. The number of hydrogen-bond acceptors (Lipinski definition) is 2. The van der Waals surface area contributed by atoms with Crippen molar-refractivity contribution >= 4 is 11.8 Å². The van der Waals surface area contributed by atoms with Crippen LogP contribution in [0.5, 0.6) is 0 Å². The van der Waals surface area contributed by atoms with E-state index in [0.29, 0.717) is 11.8 Å². The van der Waals surface area contributed by atoms with Crippen LogP contribution in [0.15, 0.2) is 24.3 Å². The SMILES string of the molecule is CC(C)SCc1ccc(CN)cc1. The molecule has 0 atom stereocenters. The highest BCUT2D eigenvalue weighted by Crippen LogP contribution is 2.17. The lowest BCUT2D eigenvalue weighted by Gasteiger charge is -2.05. The molecule has 0 spiro atoms. The third kappa shape index (κ3) is 3.83. The first kappa shape index (κ1) is 10.6. The molecular formula is C11H17NS. The number of thioether (sulfide) groups is 1. The standard InChI is InChI=1S/C11H17NS/c1-9(2)13-8-11-5-3-10(7-12)4-6-11/h3-6,9H,7-8,12H2,1-2H3. The molecule has 0 radical (unpaired) electrons. The van der Waals surface area contributed by atoms with Gasteiger partial charge in [-0.2, -0.15) is 11.8 Å². The minimum Gasteiger partial charge on any atom is -0.326 e. The molecule has 0 aromatic heterocycles. The summed E-state index contributed by atoms with van der Waals surface area (Å²) >= 11 is 1.97. The highest BCUT2D eigenvalue weighted by atomic mass is 32.2. The topological polar surface area (TPSA) is 26.0 Å². The van der Waals surface area contributed by atoms with Crippen LogP contribution in [0.4, 0.5) is 0 Å². The lowest BCUT2D eigenvalue weighted by molar-refractivity contribution is 1.07. The van der Waals surface area contributed by atoms with Crippen LogP contribution in [0, 0.1) is 0 Å². The first-order valence-corrected chi connectivity index (χ1v) is 5.66. The zero-order valence-corrected chi connectivity index (χ0v) is 9.10. The highest BCUT2D eigenvalue weighted by molar-refractivity contribution is 7.99. The van der Waals surface area contributed by atoms with Gasteiger partial charge in [-0.1, -0.05) is 38.1 Å². The molecule has 1 rings (SSSR count). The summed E-state index contributed by atoms with van der Waals surface area (Å²) in [7, 11) is 0. The Bertz CT molecular complexity index is 241. The van der Waals surface area contributed by atoms with Crippen molar-refractivity contribution in [3.63, 3.8) is 0 Å². The fourth-order valence-corrected chi connectivity index (χ4v) is 1.75. The normalized spacial score (nSPS) is 10.8. The Morgan fingerprint density at radius 3 is 2.15 bits per heavy atom. The molecule has 0 aliphatic heterocycles. The lowest BCUT2D eigenvalue weighted by Crippen LogP contribution is -1.96. The number of nitrogens with two attached hydrogens (primary N) is 1. The van der Waals surface area contributed by atoms with Crippen LogP contribution in [-0.4, -0.2) is 5.25 Å². The van der Waals surface area contributed by atoms with Gasteiger partial charge in [0.2, 0.25) is 0 Å². The molecule has 0 fully saturated rings. The largest absolute Gasteiger partial charge is 0.326 e. The van der Waals surface area contributed by atoms with E-state index in [4.69, 9.17) is 5.73 Å². The average Bonchev–Trinajstić information content (AvgIpc) is 2.15. The van der Waals surface area contributed by atoms with E-state index in [0.717, 1.165) is 5.75 Å². The zero-order chi connectivity index (χ0) is 9.68. The maximum Gasteiger partial charge on any atom is 0.0187 e. The summed E-state index contributed by atoms with van der Waals surface area (Å²) < 4.78 is 0. The van der Waals surface area contributed by atoms with Gasteiger partial charge < -0.3 is 5.73 Å². The molecule has 0 saturated heterocycles. The summed E-state index contributed by atoms with van der Waals surface area (Å²) in [5.41, 5.74) is 8.11. The molecule has 0 heterocycles. The first-order chi connectivity index (χ1) is 6.22. The molecule has 0 unspecified atom stereocenters. The molecule has 72 valence electrons. The molecule has 2 heteroatoms. The minimum absolute atomic E-state index is 0.637. The van der Waals surface area contributed by atoms with Crippen molar-refractivity contribution in [2.75, 3.05) is 0 Å². The van der Waals surface area contributed by atoms with Gasteiger partial charge in [-0.3, -0.25) is 0 Å². The van der Waals surface area contributed by atoms with E-state index in [-0.39, 0.29) is 0 Å². The highest BCUT2D eigenvalue weighted by Gasteiger charge is 1.96. The molecular weight excluding hydrogens is 178 g/mol. The van der Waals surface area contributed by atoms with Crippen LogP contribution in [0.3, 0.4) is 0 Å². The van der Waals surface area contributed by atoms with Crippen LogP contribution >= 0.6 is 11.8 Å². The fraction of sp³-hybridized carbons (Fsp3) is 0.455. The minimum atomic E-state index is 0.637. The summed E-state index contributed by atoms with van der Waals surface area (Å²) in [4.78, 5) is 0. The molecule has 1 aromatic carbocycles. The maximum atomic E-state index is 5.52. The van der Waals surface area contributed by atoms with Crippen molar-refractivity contribution in [3.05, 3.63) is 35.4 Å². The Labute approximate surface area is 84.7 Å². The molecule has 0 aliphatic carbocycles. The van der Waals surface area contributed by atoms with Crippen LogP contribution in [0.1, 0.15) is 25.0 Å². The number of hydrogen-bond donors (Lipinski definition) is 1. The van der Waals surface area contributed by atoms with E-state index in [1.54, 1.807) is 0 Å². The Hall–Kier alpha value is -0.470. The van der Waals surface area contributed by atoms with Crippen LogP contribution in [0.25, 0.3) is 0 Å². The average molecular weight is 195 g/mol. The Morgan fingerprint density at radius 2 is 1.69 bits per heavy atom. The molecule has 1 aromatic rings.